The van der Waals surface area contributed by atoms with Gasteiger partial charge in [-0.1, -0.05) is 56.3 Å². The summed E-state index contributed by atoms with van der Waals surface area (Å²) >= 11 is 0. The van der Waals surface area contributed by atoms with Crippen molar-refractivity contribution in [1.29, 1.82) is 0 Å². The molecule has 2 aliphatic rings. The van der Waals surface area contributed by atoms with Gasteiger partial charge in [0.2, 0.25) is 0 Å². The van der Waals surface area contributed by atoms with Gasteiger partial charge in [-0.3, -0.25) is 13.9 Å². The van der Waals surface area contributed by atoms with Gasteiger partial charge in [-0.05, 0) is 43.1 Å². The van der Waals surface area contributed by atoms with E-state index in [0.717, 1.165) is 30.7 Å². The van der Waals surface area contributed by atoms with Crippen molar-refractivity contribution in [3.05, 3.63) is 74.7 Å². The highest BCUT2D eigenvalue weighted by atomic mass is 16.2. The molecule has 2 aromatic heterocycles. The molecule has 0 N–H and O–H groups in total. The number of hydrogen-bond donors (Lipinski definition) is 0. The fourth-order valence-electron chi connectivity index (χ4n) is 5.44. The highest BCUT2D eigenvalue weighted by Crippen LogP contribution is 2.48. The first-order valence-electron chi connectivity index (χ1n) is 11.6. The first-order valence-corrected chi connectivity index (χ1v) is 11.6. The van der Waals surface area contributed by atoms with Crippen LogP contribution < -0.4 is 11.2 Å². The number of fused-ring (bicyclic) bond motifs is 3. The lowest BCUT2D eigenvalue weighted by Gasteiger charge is -2.19. The molecule has 0 spiro atoms. The Hall–Kier alpha value is -2.89. The zero-order valence-corrected chi connectivity index (χ0v) is 18.3. The maximum Gasteiger partial charge on any atom is 0.332 e. The second kappa shape index (κ2) is 7.98. The van der Waals surface area contributed by atoms with Crippen LogP contribution in [-0.2, 0) is 19.6 Å². The zero-order valence-electron chi connectivity index (χ0n) is 18.3. The molecule has 1 saturated carbocycles. The van der Waals surface area contributed by atoms with Crippen LogP contribution in [0.5, 0.6) is 0 Å². The van der Waals surface area contributed by atoms with Crippen LogP contribution in [0.2, 0.25) is 0 Å². The number of nitrogens with zero attached hydrogens (tertiary/aromatic N) is 4. The minimum Gasteiger partial charge on any atom is -0.317 e. The van der Waals surface area contributed by atoms with Crippen LogP contribution >= 0.6 is 0 Å². The summed E-state index contributed by atoms with van der Waals surface area (Å²) in [5.41, 5.74) is 1.83. The van der Waals surface area contributed by atoms with E-state index in [0.29, 0.717) is 48.6 Å². The van der Waals surface area contributed by atoms with Crippen molar-refractivity contribution >= 4 is 11.2 Å². The number of aromatic nitrogens is 4. The van der Waals surface area contributed by atoms with Gasteiger partial charge in [-0.15, -0.1) is 0 Å². The van der Waals surface area contributed by atoms with Crippen LogP contribution in [0.3, 0.4) is 0 Å². The molecule has 1 fully saturated rings. The normalized spacial score (nSPS) is 22.1. The Labute approximate surface area is 181 Å². The summed E-state index contributed by atoms with van der Waals surface area (Å²) in [5.74, 6) is 2.34. The van der Waals surface area contributed by atoms with E-state index < -0.39 is 0 Å². The van der Waals surface area contributed by atoms with E-state index in [9.17, 15) is 9.59 Å². The largest absolute Gasteiger partial charge is 0.332 e. The second-order valence-corrected chi connectivity index (χ2v) is 8.99. The van der Waals surface area contributed by atoms with Gasteiger partial charge < -0.3 is 4.57 Å². The van der Waals surface area contributed by atoms with Crippen molar-refractivity contribution in [2.45, 2.75) is 65.1 Å². The van der Waals surface area contributed by atoms with E-state index in [1.54, 1.807) is 4.57 Å². The highest BCUT2D eigenvalue weighted by Gasteiger charge is 2.40. The van der Waals surface area contributed by atoms with Crippen LogP contribution in [0.15, 0.2) is 52.1 Å². The maximum absolute atomic E-state index is 13.6. The summed E-state index contributed by atoms with van der Waals surface area (Å²) in [4.78, 5) is 31.8. The first-order chi connectivity index (χ1) is 15.1. The predicted molar refractivity (Wildman–Crippen MR) is 122 cm³/mol. The highest BCUT2D eigenvalue weighted by molar-refractivity contribution is 5.71. The van der Waals surface area contributed by atoms with Gasteiger partial charge in [0.05, 0.1) is 0 Å². The maximum atomic E-state index is 13.6. The molecule has 2 bridgehead atoms. The lowest BCUT2D eigenvalue weighted by Crippen LogP contribution is -2.40. The molecule has 2 heterocycles. The summed E-state index contributed by atoms with van der Waals surface area (Å²) in [6, 6.07) is 10.2. The molecule has 3 atom stereocenters. The average molecular weight is 419 g/mol. The smallest absolute Gasteiger partial charge is 0.317 e. The predicted octanol–water partition coefficient (Wildman–Crippen LogP) is 3.91. The standard InChI is InChI=1S/C25H30N4O2/c1-3-12-27-23-21(24(30)28(13-4-2)25(27)31)29(16-17-8-6-5-7-9-17)22(26-23)20-15-18-10-11-19(20)14-18/h5-11,18-20H,3-4,12-16H2,1-2H3/t18-,19+,20-/m0/s1. The van der Waals surface area contributed by atoms with Gasteiger partial charge in [-0.25, -0.2) is 9.78 Å². The van der Waals surface area contributed by atoms with Gasteiger partial charge in [0.15, 0.2) is 11.2 Å². The van der Waals surface area contributed by atoms with Crippen molar-refractivity contribution in [2.24, 2.45) is 11.8 Å². The van der Waals surface area contributed by atoms with Gasteiger partial charge in [0.1, 0.15) is 5.82 Å². The summed E-state index contributed by atoms with van der Waals surface area (Å²) < 4.78 is 5.25. The Balaban J connectivity index is 1.79. The van der Waals surface area contributed by atoms with Crippen molar-refractivity contribution in [3.63, 3.8) is 0 Å². The van der Waals surface area contributed by atoms with Crippen molar-refractivity contribution in [2.75, 3.05) is 0 Å². The van der Waals surface area contributed by atoms with E-state index in [1.807, 2.05) is 25.1 Å². The van der Waals surface area contributed by atoms with E-state index in [1.165, 1.54) is 11.0 Å². The van der Waals surface area contributed by atoms with Gasteiger partial charge >= 0.3 is 5.69 Å². The third-order valence-electron chi connectivity index (χ3n) is 6.83. The lowest BCUT2D eigenvalue weighted by molar-refractivity contribution is 0.528. The van der Waals surface area contributed by atoms with Gasteiger partial charge in [-0.2, -0.15) is 0 Å². The topological polar surface area (TPSA) is 61.8 Å². The molecule has 0 saturated heterocycles. The molecule has 1 aromatic carbocycles. The minimum absolute atomic E-state index is 0.206. The first kappa shape index (κ1) is 20.0. The Bertz CT molecular complexity index is 1250. The fraction of sp³-hybridized carbons (Fsp3) is 0.480. The number of hydrogen-bond acceptors (Lipinski definition) is 3. The summed E-state index contributed by atoms with van der Waals surface area (Å²) in [6.07, 6.45) is 8.44. The molecule has 0 amide bonds. The SMILES string of the molecule is CCCn1c(=O)c2c(nc([C@H]3C[C@H]4C=C[C@@H]3C4)n2Cc2ccccc2)n(CCC)c1=O. The summed E-state index contributed by atoms with van der Waals surface area (Å²) in [6.45, 7) is 5.64. The van der Waals surface area contributed by atoms with Crippen LogP contribution in [0.4, 0.5) is 0 Å². The van der Waals surface area contributed by atoms with Crippen LogP contribution in [0.1, 0.15) is 56.8 Å². The molecule has 0 unspecified atom stereocenters. The molecule has 2 aliphatic carbocycles. The molecular weight excluding hydrogens is 388 g/mol. The van der Waals surface area contributed by atoms with Gasteiger partial charge in [0.25, 0.3) is 5.56 Å². The van der Waals surface area contributed by atoms with Crippen molar-refractivity contribution < 1.29 is 0 Å². The Morgan fingerprint density at radius 1 is 0.935 bits per heavy atom. The zero-order chi connectivity index (χ0) is 21.5. The molecule has 31 heavy (non-hydrogen) atoms. The van der Waals surface area contributed by atoms with Gasteiger partial charge in [0, 0.05) is 25.6 Å². The molecular formula is C25H30N4O2. The third-order valence-corrected chi connectivity index (χ3v) is 6.83. The number of imidazole rings is 1. The number of rotatable bonds is 7. The molecule has 6 heteroatoms. The fourth-order valence-corrected chi connectivity index (χ4v) is 5.44. The Kier molecular flexibility index (Phi) is 5.16. The second-order valence-electron chi connectivity index (χ2n) is 8.99. The van der Waals surface area contributed by atoms with Crippen LogP contribution in [-0.4, -0.2) is 18.7 Å². The third kappa shape index (κ3) is 3.29. The van der Waals surface area contributed by atoms with E-state index >= 15 is 0 Å². The monoisotopic (exact) mass is 418 g/mol. The quantitative estimate of drug-likeness (QED) is 0.547. The van der Waals surface area contributed by atoms with E-state index in [4.69, 9.17) is 4.98 Å². The lowest BCUT2D eigenvalue weighted by atomic mass is 9.92. The van der Waals surface area contributed by atoms with Crippen molar-refractivity contribution in [3.8, 4) is 0 Å². The van der Waals surface area contributed by atoms with Crippen molar-refractivity contribution in [1.82, 2.24) is 18.7 Å². The summed E-state index contributed by atoms with van der Waals surface area (Å²) in [5, 5.41) is 0. The Morgan fingerprint density at radius 3 is 2.32 bits per heavy atom. The Morgan fingerprint density at radius 2 is 1.68 bits per heavy atom. The average Bonchev–Trinajstić information content (AvgIpc) is 3.49. The molecule has 0 radical (unpaired) electrons. The molecule has 6 nitrogen and oxygen atoms in total. The van der Waals surface area contributed by atoms with E-state index in [-0.39, 0.29) is 11.2 Å². The molecule has 0 aliphatic heterocycles. The number of allylic oxidation sites excluding steroid dienone is 2. The number of benzene rings is 1. The summed E-state index contributed by atoms with van der Waals surface area (Å²) in [7, 11) is 0. The van der Waals surface area contributed by atoms with Crippen LogP contribution in [0.25, 0.3) is 11.2 Å². The molecule has 3 aromatic rings. The number of aryl methyl sites for hydroxylation is 1. The van der Waals surface area contributed by atoms with Crippen LogP contribution in [0, 0.1) is 11.8 Å². The molecule has 162 valence electrons. The molecule has 5 rings (SSSR count). The minimum atomic E-state index is -0.232. The van der Waals surface area contributed by atoms with E-state index in [2.05, 4.69) is 35.8 Å².